The van der Waals surface area contributed by atoms with Gasteiger partial charge in [0, 0.05) is 55.2 Å². The van der Waals surface area contributed by atoms with Crippen LogP contribution in [-0.2, 0) is 14.3 Å². The zero-order chi connectivity index (χ0) is 28.6. The largest absolute Gasteiger partial charge is 0.493 e. The Morgan fingerprint density at radius 1 is 1.02 bits per heavy atom. The van der Waals surface area contributed by atoms with Crippen LogP contribution in [0.3, 0.4) is 0 Å². The van der Waals surface area contributed by atoms with Crippen molar-refractivity contribution in [3.05, 3.63) is 64.2 Å². The van der Waals surface area contributed by atoms with Crippen molar-refractivity contribution in [3.8, 4) is 17.2 Å². The van der Waals surface area contributed by atoms with Crippen molar-refractivity contribution in [1.29, 1.82) is 0 Å². The Balaban J connectivity index is 1.60. The molecule has 10 nitrogen and oxygen atoms in total. The number of piperazine rings is 1. The molecule has 0 N–H and O–H groups in total. The van der Waals surface area contributed by atoms with Gasteiger partial charge in [0.1, 0.15) is 18.0 Å². The van der Waals surface area contributed by atoms with Gasteiger partial charge in [-0.25, -0.2) is 0 Å². The quantitative estimate of drug-likeness (QED) is 0.438. The van der Waals surface area contributed by atoms with Crippen molar-refractivity contribution in [2.75, 3.05) is 40.4 Å². The van der Waals surface area contributed by atoms with Crippen LogP contribution in [0.4, 0.5) is 0 Å². The lowest BCUT2D eigenvalue weighted by Crippen LogP contribution is -2.50. The standard InChI is InChI=1S/C29H34ClN5O5/c1-17(2)28-31-32-29-24(16-25(37)34-13-11-33(12-14-34)18(3)36)40-26(20-7-6-8-23(38-4)27(20)39-5)21-15-19(30)9-10-22(21)35(28)29/h6-10,15,17,24,26H,11-14,16H2,1-5H3. The summed E-state index contributed by atoms with van der Waals surface area (Å²) >= 11 is 6.53. The van der Waals surface area contributed by atoms with Gasteiger partial charge < -0.3 is 24.0 Å². The van der Waals surface area contributed by atoms with Gasteiger partial charge in [0.15, 0.2) is 17.3 Å². The van der Waals surface area contributed by atoms with Gasteiger partial charge in [-0.15, -0.1) is 10.2 Å². The van der Waals surface area contributed by atoms with Crippen LogP contribution < -0.4 is 9.47 Å². The average Bonchev–Trinajstić information content (AvgIpc) is 3.35. The molecule has 1 saturated heterocycles. The number of para-hydroxylation sites is 1. The first kappa shape index (κ1) is 27.9. The second-order valence-electron chi connectivity index (χ2n) is 10.3. The summed E-state index contributed by atoms with van der Waals surface area (Å²) < 4.78 is 20.2. The second kappa shape index (κ2) is 11.5. The number of hydrogen-bond donors (Lipinski definition) is 0. The SMILES string of the molecule is COc1cccc(C2OC(CC(=O)N3CCN(C(C)=O)CC3)c3nnc(C(C)C)n3-c3ccc(Cl)cc32)c1OC. The molecular formula is C29H34ClN5O5. The molecule has 0 saturated carbocycles. The third-order valence-corrected chi connectivity index (χ3v) is 7.72. The van der Waals surface area contributed by atoms with Gasteiger partial charge in [-0.2, -0.15) is 0 Å². The van der Waals surface area contributed by atoms with Crippen molar-refractivity contribution in [3.63, 3.8) is 0 Å². The van der Waals surface area contributed by atoms with Crippen LogP contribution in [0.5, 0.6) is 11.5 Å². The highest BCUT2D eigenvalue weighted by molar-refractivity contribution is 6.30. The van der Waals surface area contributed by atoms with E-state index in [9.17, 15) is 9.59 Å². The molecule has 2 aliphatic rings. The number of halogens is 1. The van der Waals surface area contributed by atoms with Gasteiger partial charge in [-0.1, -0.05) is 37.6 Å². The maximum atomic E-state index is 13.6. The summed E-state index contributed by atoms with van der Waals surface area (Å²) in [4.78, 5) is 28.9. The highest BCUT2D eigenvalue weighted by Gasteiger charge is 2.38. The first-order valence-electron chi connectivity index (χ1n) is 13.4. The molecule has 0 aliphatic carbocycles. The number of aromatic nitrogens is 3. The molecule has 0 radical (unpaired) electrons. The molecule has 2 atom stereocenters. The fourth-order valence-corrected chi connectivity index (χ4v) is 5.61. The van der Waals surface area contributed by atoms with Crippen molar-refractivity contribution < 1.29 is 23.8 Å². The minimum absolute atomic E-state index is 0.0139. The van der Waals surface area contributed by atoms with E-state index in [0.29, 0.717) is 48.5 Å². The lowest BCUT2D eigenvalue weighted by atomic mass is 9.98. The summed E-state index contributed by atoms with van der Waals surface area (Å²) in [5.74, 6) is 2.40. The van der Waals surface area contributed by atoms with E-state index < -0.39 is 12.2 Å². The molecule has 40 heavy (non-hydrogen) atoms. The Labute approximate surface area is 238 Å². The Bertz CT molecular complexity index is 1420. The fraction of sp³-hybridized carbons (Fsp3) is 0.448. The molecule has 212 valence electrons. The van der Waals surface area contributed by atoms with Crippen LogP contribution in [0.25, 0.3) is 5.69 Å². The van der Waals surface area contributed by atoms with E-state index >= 15 is 0 Å². The fourth-order valence-electron chi connectivity index (χ4n) is 5.43. The van der Waals surface area contributed by atoms with Crippen molar-refractivity contribution in [2.45, 2.75) is 45.3 Å². The molecule has 1 fully saturated rings. The van der Waals surface area contributed by atoms with Crippen LogP contribution in [0.1, 0.15) is 68.1 Å². The predicted octanol–water partition coefficient (Wildman–Crippen LogP) is 4.30. The Hall–Kier alpha value is -3.63. The molecule has 0 bridgehead atoms. The van der Waals surface area contributed by atoms with E-state index in [1.54, 1.807) is 30.9 Å². The number of amides is 2. The second-order valence-corrected chi connectivity index (χ2v) is 10.7. The van der Waals surface area contributed by atoms with Gasteiger partial charge >= 0.3 is 0 Å². The molecule has 2 unspecified atom stereocenters. The van der Waals surface area contributed by atoms with Gasteiger partial charge in [-0.05, 0) is 24.3 Å². The number of hydrogen-bond acceptors (Lipinski definition) is 7. The van der Waals surface area contributed by atoms with E-state index in [1.165, 1.54) is 0 Å². The lowest BCUT2D eigenvalue weighted by molar-refractivity contribution is -0.141. The van der Waals surface area contributed by atoms with Gasteiger partial charge in [0.25, 0.3) is 0 Å². The molecule has 3 heterocycles. The molecule has 3 aromatic rings. The number of rotatable bonds is 6. The highest BCUT2D eigenvalue weighted by Crippen LogP contribution is 2.46. The first-order valence-corrected chi connectivity index (χ1v) is 13.8. The molecule has 2 amide bonds. The van der Waals surface area contributed by atoms with E-state index in [-0.39, 0.29) is 24.2 Å². The van der Waals surface area contributed by atoms with Gasteiger partial charge in [0.2, 0.25) is 11.8 Å². The Morgan fingerprint density at radius 3 is 2.40 bits per heavy atom. The van der Waals surface area contributed by atoms with E-state index in [1.807, 2.05) is 41.0 Å². The van der Waals surface area contributed by atoms with Crippen LogP contribution in [0.2, 0.25) is 5.02 Å². The highest BCUT2D eigenvalue weighted by atomic mass is 35.5. The number of methoxy groups -OCH3 is 2. The summed E-state index contributed by atoms with van der Waals surface area (Å²) in [5, 5.41) is 9.61. The topological polar surface area (TPSA) is 99.0 Å². The smallest absolute Gasteiger partial charge is 0.225 e. The number of ether oxygens (including phenoxy) is 3. The number of benzene rings is 2. The monoisotopic (exact) mass is 567 g/mol. The van der Waals surface area contributed by atoms with Gasteiger partial charge in [0.05, 0.1) is 26.3 Å². The third kappa shape index (κ3) is 5.13. The molecular weight excluding hydrogens is 534 g/mol. The summed E-state index contributed by atoms with van der Waals surface area (Å²) in [6.45, 7) is 7.61. The molecule has 11 heteroatoms. The van der Waals surface area contributed by atoms with Crippen LogP contribution >= 0.6 is 11.6 Å². The normalized spacial score (nSPS) is 18.7. The van der Waals surface area contributed by atoms with E-state index in [4.69, 9.17) is 25.8 Å². The predicted molar refractivity (Wildman–Crippen MR) is 149 cm³/mol. The number of carbonyl (C=O) groups is 2. The molecule has 1 aromatic heterocycles. The molecule has 2 aromatic carbocycles. The van der Waals surface area contributed by atoms with Crippen LogP contribution in [0.15, 0.2) is 36.4 Å². The average molecular weight is 568 g/mol. The van der Waals surface area contributed by atoms with E-state index in [2.05, 4.69) is 24.0 Å². The summed E-state index contributed by atoms with van der Waals surface area (Å²) in [5.41, 5.74) is 2.36. The zero-order valence-corrected chi connectivity index (χ0v) is 24.1. The van der Waals surface area contributed by atoms with Crippen LogP contribution in [0, 0.1) is 0 Å². The first-order chi connectivity index (χ1) is 19.2. The summed E-state index contributed by atoms with van der Waals surface area (Å²) in [6.07, 6.45) is -1.31. The van der Waals surface area contributed by atoms with Crippen molar-refractivity contribution >= 4 is 23.4 Å². The maximum Gasteiger partial charge on any atom is 0.225 e. The van der Waals surface area contributed by atoms with Crippen molar-refractivity contribution in [1.82, 2.24) is 24.6 Å². The molecule has 5 rings (SSSR count). The van der Waals surface area contributed by atoms with Crippen LogP contribution in [-0.4, -0.2) is 76.8 Å². The summed E-state index contributed by atoms with van der Waals surface area (Å²) in [7, 11) is 3.18. The molecule has 2 aliphatic heterocycles. The minimum Gasteiger partial charge on any atom is -0.493 e. The Morgan fingerprint density at radius 2 is 1.75 bits per heavy atom. The summed E-state index contributed by atoms with van der Waals surface area (Å²) in [6, 6.07) is 11.3. The maximum absolute atomic E-state index is 13.6. The minimum atomic E-state index is -0.717. The lowest BCUT2D eigenvalue weighted by Gasteiger charge is -2.35. The number of carbonyl (C=O) groups excluding carboxylic acids is 2. The van der Waals surface area contributed by atoms with E-state index in [0.717, 1.165) is 22.6 Å². The Kier molecular flexibility index (Phi) is 8.00. The third-order valence-electron chi connectivity index (χ3n) is 7.48. The van der Waals surface area contributed by atoms with Gasteiger partial charge in [-0.3, -0.25) is 14.2 Å². The van der Waals surface area contributed by atoms with Crippen molar-refractivity contribution in [2.24, 2.45) is 0 Å². The molecule has 0 spiro atoms. The zero-order valence-electron chi connectivity index (χ0n) is 23.4. The number of fused-ring (bicyclic) bond motifs is 3. The number of nitrogens with zero attached hydrogens (tertiary/aromatic N) is 5.